The molecule has 88 valence electrons. The second-order valence-electron chi connectivity index (χ2n) is 3.83. The van der Waals surface area contributed by atoms with E-state index in [0.29, 0.717) is 18.8 Å². The van der Waals surface area contributed by atoms with E-state index in [0.717, 1.165) is 12.2 Å². The van der Waals surface area contributed by atoms with Crippen LogP contribution in [0.2, 0.25) is 0 Å². The lowest BCUT2D eigenvalue weighted by molar-refractivity contribution is -0.119. The number of anilines is 1. The summed E-state index contributed by atoms with van der Waals surface area (Å²) in [6.07, 6.45) is 1.60. The number of piperazine rings is 1. The van der Waals surface area contributed by atoms with E-state index in [4.69, 9.17) is 11.0 Å². The first kappa shape index (κ1) is 11.4. The molecule has 1 unspecified atom stereocenters. The van der Waals surface area contributed by atoms with Crippen molar-refractivity contribution in [2.75, 3.05) is 24.5 Å². The Morgan fingerprint density at radius 2 is 2.47 bits per heavy atom. The van der Waals surface area contributed by atoms with Gasteiger partial charge in [-0.1, -0.05) is 0 Å². The quantitative estimate of drug-likeness (QED) is 0.696. The zero-order valence-corrected chi connectivity index (χ0v) is 9.26. The Bertz CT molecular complexity index is 450. The Balaban J connectivity index is 2.24. The van der Waals surface area contributed by atoms with Crippen LogP contribution in [0.5, 0.6) is 0 Å². The fourth-order valence-corrected chi connectivity index (χ4v) is 1.89. The van der Waals surface area contributed by atoms with Crippen molar-refractivity contribution in [2.45, 2.75) is 6.04 Å². The smallest absolute Gasteiger partial charge is 0.241 e. The van der Waals surface area contributed by atoms with Gasteiger partial charge in [-0.3, -0.25) is 4.79 Å². The maximum atomic E-state index is 11.3. The number of carbonyl (C=O) groups is 1. The average molecular weight is 231 g/mol. The van der Waals surface area contributed by atoms with Crippen LogP contribution in [0.3, 0.4) is 0 Å². The highest BCUT2D eigenvalue weighted by molar-refractivity contribution is 5.84. The first-order valence-corrected chi connectivity index (χ1v) is 5.35. The third-order valence-electron chi connectivity index (χ3n) is 2.77. The molecule has 1 aliphatic heterocycles. The lowest BCUT2D eigenvalue weighted by Gasteiger charge is -2.35. The van der Waals surface area contributed by atoms with Gasteiger partial charge in [-0.2, -0.15) is 5.26 Å². The van der Waals surface area contributed by atoms with Gasteiger partial charge in [0.1, 0.15) is 17.8 Å². The van der Waals surface area contributed by atoms with Gasteiger partial charge < -0.3 is 16.0 Å². The molecule has 1 aromatic heterocycles. The van der Waals surface area contributed by atoms with Gasteiger partial charge >= 0.3 is 0 Å². The normalized spacial score (nSPS) is 19.7. The summed E-state index contributed by atoms with van der Waals surface area (Å²) in [6.45, 7) is 2.03. The van der Waals surface area contributed by atoms with E-state index in [1.165, 1.54) is 0 Å². The molecule has 0 aromatic carbocycles. The van der Waals surface area contributed by atoms with Crippen molar-refractivity contribution in [1.82, 2.24) is 10.3 Å². The second kappa shape index (κ2) is 4.80. The van der Waals surface area contributed by atoms with Crippen LogP contribution in [-0.2, 0) is 4.79 Å². The highest BCUT2D eigenvalue weighted by atomic mass is 16.1. The van der Waals surface area contributed by atoms with Crippen molar-refractivity contribution in [3.63, 3.8) is 0 Å². The number of nitrogens with one attached hydrogen (secondary N) is 1. The number of hydrogen-bond acceptors (Lipinski definition) is 5. The highest BCUT2D eigenvalue weighted by Gasteiger charge is 2.26. The largest absolute Gasteiger partial charge is 0.368 e. The lowest BCUT2D eigenvalue weighted by atomic mass is 10.1. The third-order valence-corrected chi connectivity index (χ3v) is 2.77. The molecule has 1 amide bonds. The Hall–Kier alpha value is -2.13. The maximum Gasteiger partial charge on any atom is 0.241 e. The van der Waals surface area contributed by atoms with Crippen LogP contribution >= 0.6 is 0 Å². The van der Waals surface area contributed by atoms with Crippen LogP contribution in [0.1, 0.15) is 5.69 Å². The minimum atomic E-state index is -0.363. The first-order chi connectivity index (χ1) is 8.22. The van der Waals surface area contributed by atoms with E-state index in [1.54, 1.807) is 18.3 Å². The molecule has 1 aliphatic rings. The Labute approximate surface area is 99.0 Å². The van der Waals surface area contributed by atoms with Crippen molar-refractivity contribution in [3.05, 3.63) is 24.0 Å². The Morgan fingerprint density at radius 3 is 3.06 bits per heavy atom. The number of carbonyl (C=O) groups excluding carboxylic acids is 1. The van der Waals surface area contributed by atoms with Gasteiger partial charge in [-0.15, -0.1) is 0 Å². The predicted molar refractivity (Wildman–Crippen MR) is 62.2 cm³/mol. The van der Waals surface area contributed by atoms with Crippen molar-refractivity contribution in [3.8, 4) is 6.07 Å². The summed E-state index contributed by atoms with van der Waals surface area (Å²) in [5.41, 5.74) is 6.53. The summed E-state index contributed by atoms with van der Waals surface area (Å²) in [4.78, 5) is 17.2. The zero-order valence-electron chi connectivity index (χ0n) is 9.26. The average Bonchev–Trinajstić information content (AvgIpc) is 2.39. The summed E-state index contributed by atoms with van der Waals surface area (Å²) in [5, 5.41) is 11.8. The molecule has 1 saturated heterocycles. The molecule has 0 saturated carbocycles. The van der Waals surface area contributed by atoms with Crippen LogP contribution in [-0.4, -0.2) is 36.6 Å². The molecule has 0 radical (unpaired) electrons. The minimum absolute atomic E-state index is 0.360. The predicted octanol–water partition coefficient (Wildman–Crippen LogP) is -0.783. The SMILES string of the molecule is N#Cc1ccc(N2CCNCC2C(N)=O)cn1. The molecule has 1 aromatic rings. The van der Waals surface area contributed by atoms with Gasteiger partial charge in [0.05, 0.1) is 11.9 Å². The van der Waals surface area contributed by atoms with Gasteiger partial charge in [0.25, 0.3) is 0 Å². The zero-order chi connectivity index (χ0) is 12.3. The van der Waals surface area contributed by atoms with Crippen LogP contribution < -0.4 is 16.0 Å². The van der Waals surface area contributed by atoms with E-state index < -0.39 is 0 Å². The van der Waals surface area contributed by atoms with Crippen LogP contribution in [0.15, 0.2) is 18.3 Å². The van der Waals surface area contributed by atoms with Crippen molar-refractivity contribution in [2.24, 2.45) is 5.73 Å². The van der Waals surface area contributed by atoms with Gasteiger partial charge in [-0.25, -0.2) is 4.98 Å². The van der Waals surface area contributed by atoms with E-state index in [9.17, 15) is 4.79 Å². The molecular weight excluding hydrogens is 218 g/mol. The van der Waals surface area contributed by atoms with E-state index >= 15 is 0 Å². The standard InChI is InChI=1S/C11H13N5O/c12-5-8-1-2-9(6-15-8)16-4-3-14-7-10(16)11(13)17/h1-2,6,10,14H,3-4,7H2,(H2,13,17). The number of aromatic nitrogens is 1. The molecular formula is C11H13N5O. The van der Waals surface area contributed by atoms with Gasteiger partial charge in [0.15, 0.2) is 0 Å². The molecule has 6 heteroatoms. The van der Waals surface area contributed by atoms with Gasteiger partial charge in [0.2, 0.25) is 5.91 Å². The molecule has 17 heavy (non-hydrogen) atoms. The van der Waals surface area contributed by atoms with Crippen LogP contribution in [0.25, 0.3) is 0 Å². The molecule has 0 bridgehead atoms. The number of nitrogens with two attached hydrogens (primary N) is 1. The molecule has 0 aliphatic carbocycles. The molecule has 1 atom stereocenters. The molecule has 0 spiro atoms. The first-order valence-electron chi connectivity index (χ1n) is 5.35. The fraction of sp³-hybridized carbons (Fsp3) is 0.364. The molecule has 3 N–H and O–H groups in total. The van der Waals surface area contributed by atoms with Crippen molar-refractivity contribution < 1.29 is 4.79 Å². The monoisotopic (exact) mass is 231 g/mol. The van der Waals surface area contributed by atoms with E-state index in [-0.39, 0.29) is 11.9 Å². The Kier molecular flexibility index (Phi) is 3.21. The van der Waals surface area contributed by atoms with Crippen LogP contribution in [0, 0.1) is 11.3 Å². The molecule has 1 fully saturated rings. The lowest BCUT2D eigenvalue weighted by Crippen LogP contribution is -2.57. The summed E-state index contributed by atoms with van der Waals surface area (Å²) < 4.78 is 0. The summed E-state index contributed by atoms with van der Waals surface area (Å²) in [6, 6.07) is 5.01. The number of hydrogen-bond donors (Lipinski definition) is 2. The van der Waals surface area contributed by atoms with Crippen molar-refractivity contribution >= 4 is 11.6 Å². The topological polar surface area (TPSA) is 95.0 Å². The number of nitriles is 1. The Morgan fingerprint density at radius 1 is 1.65 bits per heavy atom. The van der Waals surface area contributed by atoms with E-state index in [1.807, 2.05) is 11.0 Å². The minimum Gasteiger partial charge on any atom is -0.368 e. The number of nitrogens with zero attached hydrogens (tertiary/aromatic N) is 3. The fourth-order valence-electron chi connectivity index (χ4n) is 1.89. The van der Waals surface area contributed by atoms with Crippen LogP contribution in [0.4, 0.5) is 5.69 Å². The second-order valence-corrected chi connectivity index (χ2v) is 3.83. The summed E-state index contributed by atoms with van der Waals surface area (Å²) in [7, 11) is 0. The number of primary amides is 1. The number of pyridine rings is 1. The molecule has 6 nitrogen and oxygen atoms in total. The highest BCUT2D eigenvalue weighted by Crippen LogP contribution is 2.17. The van der Waals surface area contributed by atoms with Crippen molar-refractivity contribution in [1.29, 1.82) is 5.26 Å². The molecule has 2 rings (SSSR count). The van der Waals surface area contributed by atoms with Gasteiger partial charge in [-0.05, 0) is 12.1 Å². The number of amides is 1. The number of rotatable bonds is 2. The van der Waals surface area contributed by atoms with Gasteiger partial charge in [0, 0.05) is 19.6 Å². The maximum absolute atomic E-state index is 11.3. The van der Waals surface area contributed by atoms with E-state index in [2.05, 4.69) is 10.3 Å². The summed E-state index contributed by atoms with van der Waals surface area (Å²) >= 11 is 0. The summed E-state index contributed by atoms with van der Waals surface area (Å²) in [5.74, 6) is -0.360. The molecule has 2 heterocycles. The third kappa shape index (κ3) is 2.34.